The van der Waals surface area contributed by atoms with Gasteiger partial charge in [0.2, 0.25) is 5.91 Å². The molecule has 0 saturated carbocycles. The molecule has 0 aliphatic carbocycles. The molecule has 0 aromatic heterocycles. The monoisotopic (exact) mass is 228 g/mol. The van der Waals surface area contributed by atoms with Gasteiger partial charge in [0.25, 0.3) is 0 Å². The van der Waals surface area contributed by atoms with Crippen LogP contribution in [-0.4, -0.2) is 49.5 Å². The molecule has 0 unspecified atom stereocenters. The third kappa shape index (κ3) is 7.09. The normalized spacial score (nSPS) is 12.2. The average Bonchev–Trinajstić information content (AvgIpc) is 2.11. The van der Waals surface area contributed by atoms with Gasteiger partial charge in [-0.2, -0.15) is 0 Å². The number of rotatable bonds is 3. The van der Waals surface area contributed by atoms with Crippen LogP contribution in [0.3, 0.4) is 0 Å². The molecule has 0 rings (SSSR count). The Kier molecular flexibility index (Phi) is 5.85. The average molecular weight is 228 g/mol. The lowest BCUT2D eigenvalue weighted by molar-refractivity contribution is -0.127. The first-order chi connectivity index (χ1) is 7.26. The molecule has 94 valence electrons. The van der Waals surface area contributed by atoms with Crippen LogP contribution in [0.15, 0.2) is 4.99 Å². The second kappa shape index (κ2) is 6.35. The molecular formula is C11H24N4O. The summed E-state index contributed by atoms with van der Waals surface area (Å²) >= 11 is 0. The molecule has 0 aromatic carbocycles. The second-order valence-corrected chi connectivity index (χ2v) is 4.86. The Morgan fingerprint density at radius 2 is 1.88 bits per heavy atom. The van der Waals surface area contributed by atoms with Gasteiger partial charge in [0.1, 0.15) is 6.54 Å². The van der Waals surface area contributed by atoms with Gasteiger partial charge in [-0.15, -0.1) is 0 Å². The molecule has 0 fully saturated rings. The van der Waals surface area contributed by atoms with Crippen molar-refractivity contribution in [3.63, 3.8) is 0 Å². The number of carbonyl (C=O) groups is 1. The summed E-state index contributed by atoms with van der Waals surface area (Å²) in [6.07, 6.45) is 0. The first kappa shape index (κ1) is 14.7. The molecule has 0 heterocycles. The number of hydrogen-bond acceptors (Lipinski definition) is 2. The highest BCUT2D eigenvalue weighted by atomic mass is 16.2. The van der Waals surface area contributed by atoms with E-state index in [1.807, 2.05) is 27.7 Å². The smallest absolute Gasteiger partial charge is 0.243 e. The first-order valence-corrected chi connectivity index (χ1v) is 5.53. The standard InChI is InChI=1S/C11H24N4O/c1-7-12-10(14-11(2,3)4)13-8-9(16)15(5)6/h7-8H2,1-6H3,(H2,12,13,14). The second-order valence-electron chi connectivity index (χ2n) is 4.86. The Morgan fingerprint density at radius 3 is 2.25 bits per heavy atom. The van der Waals surface area contributed by atoms with Crippen molar-refractivity contribution in [1.29, 1.82) is 0 Å². The molecule has 5 heteroatoms. The summed E-state index contributed by atoms with van der Waals surface area (Å²) in [5, 5.41) is 6.32. The van der Waals surface area contributed by atoms with Crippen LogP contribution in [0.2, 0.25) is 0 Å². The number of guanidine groups is 1. The summed E-state index contributed by atoms with van der Waals surface area (Å²) in [5.41, 5.74) is -0.0673. The molecule has 0 aliphatic heterocycles. The van der Waals surface area contributed by atoms with Gasteiger partial charge in [-0.1, -0.05) is 0 Å². The predicted octanol–water partition coefficient (Wildman–Crippen LogP) is 0.428. The molecule has 0 radical (unpaired) electrons. The maximum Gasteiger partial charge on any atom is 0.243 e. The number of aliphatic imine (C=N–C) groups is 1. The van der Waals surface area contributed by atoms with Crippen LogP contribution in [0.4, 0.5) is 0 Å². The summed E-state index contributed by atoms with van der Waals surface area (Å²) in [7, 11) is 3.45. The van der Waals surface area contributed by atoms with Gasteiger partial charge in [0, 0.05) is 26.2 Å². The minimum atomic E-state index is -0.0673. The number of carbonyl (C=O) groups excluding carboxylic acids is 1. The zero-order valence-electron chi connectivity index (χ0n) is 11.2. The Morgan fingerprint density at radius 1 is 1.31 bits per heavy atom. The summed E-state index contributed by atoms with van der Waals surface area (Å²) in [6, 6.07) is 0. The summed E-state index contributed by atoms with van der Waals surface area (Å²) in [5.74, 6) is 0.663. The molecule has 0 atom stereocenters. The van der Waals surface area contributed by atoms with E-state index in [2.05, 4.69) is 15.6 Å². The molecule has 0 bridgehead atoms. The third-order valence-electron chi connectivity index (χ3n) is 1.71. The van der Waals surface area contributed by atoms with Crippen LogP contribution in [0.25, 0.3) is 0 Å². The predicted molar refractivity (Wildman–Crippen MR) is 67.6 cm³/mol. The summed E-state index contributed by atoms with van der Waals surface area (Å²) in [6.45, 7) is 9.08. The van der Waals surface area contributed by atoms with E-state index in [4.69, 9.17) is 0 Å². The minimum absolute atomic E-state index is 0.00823. The Bertz CT molecular complexity index is 253. The number of nitrogens with zero attached hydrogens (tertiary/aromatic N) is 2. The van der Waals surface area contributed by atoms with Crippen molar-refractivity contribution in [2.45, 2.75) is 33.2 Å². The molecule has 5 nitrogen and oxygen atoms in total. The van der Waals surface area contributed by atoms with Gasteiger partial charge < -0.3 is 15.5 Å². The van der Waals surface area contributed by atoms with Gasteiger partial charge in [0.05, 0.1) is 0 Å². The highest BCUT2D eigenvalue weighted by molar-refractivity contribution is 5.85. The van der Waals surface area contributed by atoms with E-state index in [-0.39, 0.29) is 18.0 Å². The zero-order valence-corrected chi connectivity index (χ0v) is 11.2. The first-order valence-electron chi connectivity index (χ1n) is 5.53. The van der Waals surface area contributed by atoms with Crippen molar-refractivity contribution in [3.05, 3.63) is 0 Å². The van der Waals surface area contributed by atoms with Gasteiger partial charge >= 0.3 is 0 Å². The van der Waals surface area contributed by atoms with Crippen LogP contribution in [-0.2, 0) is 4.79 Å². The van der Waals surface area contributed by atoms with Gasteiger partial charge in [0.15, 0.2) is 5.96 Å². The van der Waals surface area contributed by atoms with E-state index >= 15 is 0 Å². The number of hydrogen-bond donors (Lipinski definition) is 2. The topological polar surface area (TPSA) is 56.7 Å². The fourth-order valence-corrected chi connectivity index (χ4v) is 0.950. The number of nitrogens with one attached hydrogen (secondary N) is 2. The zero-order chi connectivity index (χ0) is 12.8. The van der Waals surface area contributed by atoms with Crippen LogP contribution in [0, 0.1) is 0 Å². The van der Waals surface area contributed by atoms with E-state index in [1.165, 1.54) is 4.90 Å². The minimum Gasteiger partial charge on any atom is -0.357 e. The Balaban J connectivity index is 4.41. The summed E-state index contributed by atoms with van der Waals surface area (Å²) < 4.78 is 0. The van der Waals surface area contributed by atoms with E-state index in [0.717, 1.165) is 6.54 Å². The third-order valence-corrected chi connectivity index (χ3v) is 1.71. The lowest BCUT2D eigenvalue weighted by Gasteiger charge is -2.23. The van der Waals surface area contributed by atoms with Gasteiger partial charge in [-0.25, -0.2) is 4.99 Å². The maximum atomic E-state index is 11.4. The van der Waals surface area contributed by atoms with Crippen LogP contribution >= 0.6 is 0 Å². The van der Waals surface area contributed by atoms with Crippen LogP contribution in [0.1, 0.15) is 27.7 Å². The highest BCUT2D eigenvalue weighted by Gasteiger charge is 2.12. The van der Waals surface area contributed by atoms with Crippen LogP contribution in [0.5, 0.6) is 0 Å². The lowest BCUT2D eigenvalue weighted by atomic mass is 10.1. The largest absolute Gasteiger partial charge is 0.357 e. The van der Waals surface area contributed by atoms with E-state index in [9.17, 15) is 4.79 Å². The quantitative estimate of drug-likeness (QED) is 0.544. The van der Waals surface area contributed by atoms with E-state index in [1.54, 1.807) is 14.1 Å². The maximum absolute atomic E-state index is 11.4. The number of amides is 1. The van der Waals surface area contributed by atoms with Crippen molar-refractivity contribution >= 4 is 11.9 Å². The molecule has 0 spiro atoms. The molecule has 1 amide bonds. The lowest BCUT2D eigenvalue weighted by Crippen LogP contribution is -2.48. The molecule has 16 heavy (non-hydrogen) atoms. The van der Waals surface area contributed by atoms with Crippen LogP contribution < -0.4 is 10.6 Å². The van der Waals surface area contributed by atoms with E-state index < -0.39 is 0 Å². The Labute approximate surface area is 98.3 Å². The molecule has 2 N–H and O–H groups in total. The van der Waals surface area contributed by atoms with Crippen molar-refractivity contribution in [2.75, 3.05) is 27.2 Å². The molecule has 0 aromatic rings. The highest BCUT2D eigenvalue weighted by Crippen LogP contribution is 1.97. The van der Waals surface area contributed by atoms with Gasteiger partial charge in [-0.05, 0) is 27.7 Å². The van der Waals surface area contributed by atoms with Gasteiger partial charge in [-0.3, -0.25) is 4.79 Å². The fourth-order valence-electron chi connectivity index (χ4n) is 0.950. The fraction of sp³-hybridized carbons (Fsp3) is 0.818. The molecular weight excluding hydrogens is 204 g/mol. The van der Waals surface area contributed by atoms with Crippen molar-refractivity contribution < 1.29 is 4.79 Å². The molecule has 0 saturated heterocycles. The summed E-state index contributed by atoms with van der Waals surface area (Å²) in [4.78, 5) is 17.1. The number of likely N-dealkylation sites (N-methyl/N-ethyl adjacent to an activating group) is 1. The molecule has 0 aliphatic rings. The Hall–Kier alpha value is -1.26. The van der Waals surface area contributed by atoms with Crippen molar-refractivity contribution in [1.82, 2.24) is 15.5 Å². The SMILES string of the molecule is CCNC(=NCC(=O)N(C)C)NC(C)(C)C. The van der Waals surface area contributed by atoms with E-state index in [0.29, 0.717) is 5.96 Å². The van der Waals surface area contributed by atoms with Crippen molar-refractivity contribution in [3.8, 4) is 0 Å². The van der Waals surface area contributed by atoms with Crippen molar-refractivity contribution in [2.24, 2.45) is 4.99 Å².